The third-order valence-corrected chi connectivity index (χ3v) is 7.20. The summed E-state index contributed by atoms with van der Waals surface area (Å²) >= 11 is 0. The van der Waals surface area contributed by atoms with E-state index < -0.39 is 15.6 Å². The van der Waals surface area contributed by atoms with Gasteiger partial charge in [0, 0.05) is 18.2 Å². The van der Waals surface area contributed by atoms with Crippen LogP contribution in [0.5, 0.6) is 0 Å². The lowest BCUT2D eigenvalue weighted by Crippen LogP contribution is -2.52. The number of halogens is 1. The zero-order valence-electron chi connectivity index (χ0n) is 16.4. The molecule has 1 saturated carbocycles. The molecule has 154 valence electrons. The summed E-state index contributed by atoms with van der Waals surface area (Å²) in [5.74, 6) is -0.295. The van der Waals surface area contributed by atoms with Gasteiger partial charge in [0.15, 0.2) is 0 Å². The lowest BCUT2D eigenvalue weighted by atomic mass is 9.92. The number of hydrogen-bond donors (Lipinski definition) is 3. The van der Waals surface area contributed by atoms with Crippen molar-refractivity contribution in [3.63, 3.8) is 0 Å². The predicted molar refractivity (Wildman–Crippen MR) is 111 cm³/mol. The van der Waals surface area contributed by atoms with E-state index in [1.54, 1.807) is 19.1 Å². The Morgan fingerprint density at radius 3 is 2.33 bits per heavy atom. The monoisotopic (exact) mass is 417 g/mol. The number of amides is 1. The molecule has 27 heavy (non-hydrogen) atoms. The maximum atomic E-state index is 12.8. The van der Waals surface area contributed by atoms with Crippen LogP contribution < -0.4 is 15.8 Å². The van der Waals surface area contributed by atoms with E-state index in [-0.39, 0.29) is 29.3 Å². The molecule has 0 bridgehead atoms. The van der Waals surface area contributed by atoms with E-state index in [1.807, 2.05) is 13.8 Å². The number of nitrogens with two attached hydrogens (primary N) is 1. The fourth-order valence-electron chi connectivity index (χ4n) is 3.44. The van der Waals surface area contributed by atoms with E-state index >= 15 is 0 Å². The standard InChI is InChI=1S/C19H31N3O3S.ClH/c1-4-19(5-2,13-20)21-18(23)15-11-10-14(3)17(12-15)26(24,25)22-16-8-6-7-9-16;/h10-12,16,22H,4-9,13,20H2,1-3H3,(H,21,23);1H. The van der Waals surface area contributed by atoms with Gasteiger partial charge in [-0.2, -0.15) is 0 Å². The molecule has 1 aliphatic carbocycles. The highest BCUT2D eigenvalue weighted by molar-refractivity contribution is 7.89. The van der Waals surface area contributed by atoms with Crippen LogP contribution in [-0.4, -0.2) is 32.5 Å². The Morgan fingerprint density at radius 2 is 1.81 bits per heavy atom. The first kappa shape index (κ1) is 23.9. The molecule has 1 aliphatic rings. The first-order chi connectivity index (χ1) is 12.3. The minimum absolute atomic E-state index is 0. The van der Waals surface area contributed by atoms with Crippen LogP contribution in [0.25, 0.3) is 0 Å². The Hall–Kier alpha value is -1.15. The largest absolute Gasteiger partial charge is 0.345 e. The van der Waals surface area contributed by atoms with E-state index in [1.165, 1.54) is 6.07 Å². The molecule has 1 fully saturated rings. The summed E-state index contributed by atoms with van der Waals surface area (Å²) in [4.78, 5) is 12.9. The number of carbonyl (C=O) groups is 1. The third kappa shape index (κ3) is 5.67. The Labute approximate surface area is 169 Å². The Kier molecular flexibility index (Phi) is 8.73. The highest BCUT2D eigenvalue weighted by Gasteiger charge is 2.28. The molecule has 0 atom stereocenters. The van der Waals surface area contributed by atoms with E-state index in [0.29, 0.717) is 30.5 Å². The normalized spacial score (nSPS) is 15.4. The summed E-state index contributed by atoms with van der Waals surface area (Å²) in [5.41, 5.74) is 6.34. The third-order valence-electron chi connectivity index (χ3n) is 5.54. The van der Waals surface area contributed by atoms with Gasteiger partial charge in [-0.15, -0.1) is 12.4 Å². The Morgan fingerprint density at radius 1 is 1.22 bits per heavy atom. The van der Waals surface area contributed by atoms with Gasteiger partial charge in [0.25, 0.3) is 5.91 Å². The van der Waals surface area contributed by atoms with Crippen molar-refractivity contribution in [3.8, 4) is 0 Å². The summed E-state index contributed by atoms with van der Waals surface area (Å²) in [6.07, 6.45) is 5.25. The van der Waals surface area contributed by atoms with Crippen LogP contribution in [0, 0.1) is 6.92 Å². The average Bonchev–Trinajstić information content (AvgIpc) is 3.12. The van der Waals surface area contributed by atoms with Crippen molar-refractivity contribution in [3.05, 3.63) is 29.3 Å². The molecule has 4 N–H and O–H groups in total. The van der Waals surface area contributed by atoms with Crippen molar-refractivity contribution in [1.82, 2.24) is 10.0 Å². The second-order valence-electron chi connectivity index (χ2n) is 7.23. The molecule has 2 rings (SSSR count). The summed E-state index contributed by atoms with van der Waals surface area (Å²) < 4.78 is 28.3. The molecule has 0 unspecified atom stereocenters. The topological polar surface area (TPSA) is 101 Å². The zero-order chi connectivity index (χ0) is 19.4. The van der Waals surface area contributed by atoms with Crippen LogP contribution in [-0.2, 0) is 10.0 Å². The summed E-state index contributed by atoms with van der Waals surface area (Å²) in [5, 5.41) is 2.99. The summed E-state index contributed by atoms with van der Waals surface area (Å²) in [6, 6.07) is 4.79. The number of hydrogen-bond acceptors (Lipinski definition) is 4. The van der Waals surface area contributed by atoms with Crippen LogP contribution in [0.1, 0.15) is 68.3 Å². The first-order valence-corrected chi connectivity index (χ1v) is 10.9. The van der Waals surface area contributed by atoms with Crippen molar-refractivity contribution in [2.45, 2.75) is 75.8 Å². The molecule has 1 aromatic carbocycles. The van der Waals surface area contributed by atoms with Gasteiger partial charge in [-0.3, -0.25) is 4.79 Å². The molecule has 0 spiro atoms. The van der Waals surface area contributed by atoms with E-state index in [4.69, 9.17) is 5.73 Å². The molecule has 0 aromatic heterocycles. The zero-order valence-corrected chi connectivity index (χ0v) is 18.0. The van der Waals surface area contributed by atoms with Gasteiger partial charge in [-0.05, 0) is 50.3 Å². The second-order valence-corrected chi connectivity index (χ2v) is 8.91. The number of benzene rings is 1. The second kappa shape index (κ2) is 9.87. The minimum atomic E-state index is -3.65. The van der Waals surface area contributed by atoms with E-state index in [9.17, 15) is 13.2 Å². The van der Waals surface area contributed by atoms with Gasteiger partial charge in [0.1, 0.15) is 0 Å². The number of rotatable bonds is 8. The van der Waals surface area contributed by atoms with Crippen molar-refractivity contribution in [1.29, 1.82) is 0 Å². The number of sulfonamides is 1. The van der Waals surface area contributed by atoms with Crippen molar-refractivity contribution in [2.24, 2.45) is 5.73 Å². The maximum absolute atomic E-state index is 12.8. The molecule has 0 heterocycles. The van der Waals surface area contributed by atoms with Crippen LogP contribution in [0.3, 0.4) is 0 Å². The molecular formula is C19H32ClN3O3S. The molecule has 1 aromatic rings. The Bertz CT molecular complexity index is 734. The maximum Gasteiger partial charge on any atom is 0.251 e. The number of nitrogens with one attached hydrogen (secondary N) is 2. The van der Waals surface area contributed by atoms with Gasteiger partial charge in [0.05, 0.1) is 10.4 Å². The highest BCUT2D eigenvalue weighted by Crippen LogP contribution is 2.23. The SMILES string of the molecule is CCC(CC)(CN)NC(=O)c1ccc(C)c(S(=O)(=O)NC2CCCC2)c1.Cl. The molecule has 6 nitrogen and oxygen atoms in total. The van der Waals surface area contributed by atoms with Crippen molar-refractivity contribution >= 4 is 28.3 Å². The number of aryl methyl sites for hydroxylation is 1. The van der Waals surface area contributed by atoms with Crippen LogP contribution in [0.15, 0.2) is 23.1 Å². The van der Waals surface area contributed by atoms with Crippen molar-refractivity contribution in [2.75, 3.05) is 6.54 Å². The average molecular weight is 418 g/mol. The fourth-order valence-corrected chi connectivity index (χ4v) is 5.01. The lowest BCUT2D eigenvalue weighted by molar-refractivity contribution is 0.0895. The molecule has 0 radical (unpaired) electrons. The summed E-state index contributed by atoms with van der Waals surface area (Å²) in [7, 11) is -3.65. The smallest absolute Gasteiger partial charge is 0.251 e. The van der Waals surface area contributed by atoms with Gasteiger partial charge < -0.3 is 11.1 Å². The van der Waals surface area contributed by atoms with Gasteiger partial charge in [0.2, 0.25) is 10.0 Å². The highest BCUT2D eigenvalue weighted by atomic mass is 35.5. The quantitative estimate of drug-likeness (QED) is 0.605. The summed E-state index contributed by atoms with van der Waals surface area (Å²) in [6.45, 7) is 6.04. The predicted octanol–water partition coefficient (Wildman–Crippen LogP) is 2.89. The first-order valence-electron chi connectivity index (χ1n) is 9.42. The molecule has 1 amide bonds. The van der Waals surface area contributed by atoms with Gasteiger partial charge in [-0.25, -0.2) is 13.1 Å². The van der Waals surface area contributed by atoms with Crippen molar-refractivity contribution < 1.29 is 13.2 Å². The van der Waals surface area contributed by atoms with Crippen LogP contribution >= 0.6 is 12.4 Å². The minimum Gasteiger partial charge on any atom is -0.345 e. The lowest BCUT2D eigenvalue weighted by Gasteiger charge is -2.31. The van der Waals surface area contributed by atoms with E-state index in [2.05, 4.69) is 10.0 Å². The fraction of sp³-hybridized carbons (Fsp3) is 0.632. The molecule has 8 heteroatoms. The van der Waals surface area contributed by atoms with Crippen LogP contribution in [0.2, 0.25) is 0 Å². The molecule has 0 saturated heterocycles. The Balaban J connectivity index is 0.00000364. The van der Waals surface area contributed by atoms with Crippen LogP contribution in [0.4, 0.5) is 0 Å². The van der Waals surface area contributed by atoms with Gasteiger partial charge >= 0.3 is 0 Å². The van der Waals surface area contributed by atoms with Gasteiger partial charge in [-0.1, -0.05) is 32.8 Å². The molecule has 0 aliphatic heterocycles. The van der Waals surface area contributed by atoms with E-state index in [0.717, 1.165) is 25.7 Å². The molecular weight excluding hydrogens is 386 g/mol. The number of carbonyl (C=O) groups excluding carboxylic acids is 1.